The van der Waals surface area contributed by atoms with Gasteiger partial charge in [0.05, 0.1) is 13.1 Å². The number of likely N-dealkylation sites (tertiary alicyclic amines) is 1. The Morgan fingerprint density at radius 1 is 1.15 bits per heavy atom. The fourth-order valence-electron chi connectivity index (χ4n) is 2.73. The molecule has 2 aliphatic rings. The van der Waals surface area contributed by atoms with Crippen molar-refractivity contribution < 1.29 is 10.1 Å². The van der Waals surface area contributed by atoms with Crippen LogP contribution in [0.25, 0.3) is 0 Å². The lowest BCUT2D eigenvalue weighted by Crippen LogP contribution is -3.15. The van der Waals surface area contributed by atoms with Gasteiger partial charge in [0.25, 0.3) is 0 Å². The van der Waals surface area contributed by atoms with E-state index in [2.05, 4.69) is 5.16 Å². The predicted molar refractivity (Wildman–Crippen MR) is 51.4 cm³/mol. The summed E-state index contributed by atoms with van der Waals surface area (Å²) in [7, 11) is 0. The molecule has 3 nitrogen and oxygen atoms in total. The van der Waals surface area contributed by atoms with Crippen LogP contribution >= 0.6 is 0 Å². The van der Waals surface area contributed by atoms with Crippen molar-refractivity contribution in [3.63, 3.8) is 0 Å². The predicted octanol–water partition coefficient (Wildman–Crippen LogP) is 0.438. The summed E-state index contributed by atoms with van der Waals surface area (Å²) in [5.74, 6) is 0. The van der Waals surface area contributed by atoms with Crippen LogP contribution < -0.4 is 4.90 Å². The molecule has 0 aromatic rings. The molecule has 3 heteroatoms. The molecule has 1 saturated carbocycles. The number of hydrogen-bond donors (Lipinski definition) is 2. The van der Waals surface area contributed by atoms with Crippen molar-refractivity contribution in [3.8, 4) is 0 Å². The number of nitrogens with zero attached hydrogens (tertiary/aromatic N) is 1. The van der Waals surface area contributed by atoms with E-state index in [-0.39, 0.29) is 0 Å². The van der Waals surface area contributed by atoms with Gasteiger partial charge in [-0.15, -0.1) is 0 Å². The first-order valence-corrected chi connectivity index (χ1v) is 5.47. The van der Waals surface area contributed by atoms with Crippen molar-refractivity contribution in [2.75, 3.05) is 13.1 Å². The molecule has 0 aromatic heterocycles. The molecule has 1 heterocycles. The Hall–Kier alpha value is -0.570. The van der Waals surface area contributed by atoms with Crippen LogP contribution in [-0.2, 0) is 0 Å². The molecule has 0 radical (unpaired) electrons. The summed E-state index contributed by atoms with van der Waals surface area (Å²) in [6, 6.07) is 0.543. The van der Waals surface area contributed by atoms with Gasteiger partial charge >= 0.3 is 0 Å². The van der Waals surface area contributed by atoms with Crippen LogP contribution in [0.1, 0.15) is 38.5 Å². The molecule has 0 aromatic carbocycles. The molecule has 13 heavy (non-hydrogen) atoms. The van der Waals surface area contributed by atoms with E-state index in [4.69, 9.17) is 5.21 Å². The molecule has 2 fully saturated rings. The third-order valence-electron chi connectivity index (χ3n) is 3.44. The van der Waals surface area contributed by atoms with Gasteiger partial charge in [0.1, 0.15) is 11.8 Å². The molecular weight excluding hydrogens is 164 g/mol. The fourth-order valence-corrected chi connectivity index (χ4v) is 2.73. The maximum absolute atomic E-state index is 8.90. The van der Waals surface area contributed by atoms with Gasteiger partial charge in [-0.1, -0.05) is 5.16 Å². The number of nitrogens with one attached hydrogen (secondary N) is 1. The molecule has 0 spiro atoms. The van der Waals surface area contributed by atoms with Gasteiger partial charge < -0.3 is 10.1 Å². The smallest absolute Gasteiger partial charge is 0.130 e. The van der Waals surface area contributed by atoms with E-state index in [1.807, 2.05) is 0 Å². The van der Waals surface area contributed by atoms with E-state index in [0.717, 1.165) is 12.1 Å². The molecular formula is C10H19N2O+. The molecule has 1 aliphatic carbocycles. The Balaban J connectivity index is 2.01. The molecule has 1 atom stereocenters. The summed E-state index contributed by atoms with van der Waals surface area (Å²) in [6.45, 7) is 2.56. The van der Waals surface area contributed by atoms with Gasteiger partial charge in [-0.2, -0.15) is 0 Å². The molecule has 0 amide bonds. The standard InChI is InChI=1S/C10H18N2O/c13-11-9-5-1-2-6-10(9)12-7-3-4-8-12/h10,13H,1-8H2/p+1. The first-order valence-electron chi connectivity index (χ1n) is 5.47. The third kappa shape index (κ3) is 1.85. The first kappa shape index (κ1) is 9.00. The third-order valence-corrected chi connectivity index (χ3v) is 3.44. The van der Waals surface area contributed by atoms with Gasteiger partial charge in [-0.05, 0) is 19.3 Å². The summed E-state index contributed by atoms with van der Waals surface area (Å²) in [5, 5.41) is 12.4. The molecule has 74 valence electrons. The van der Waals surface area contributed by atoms with Gasteiger partial charge in [0.15, 0.2) is 0 Å². The highest BCUT2D eigenvalue weighted by molar-refractivity contribution is 5.88. The van der Waals surface area contributed by atoms with Crippen LogP contribution in [0.4, 0.5) is 0 Å². The number of rotatable bonds is 1. The van der Waals surface area contributed by atoms with Crippen LogP contribution in [0.2, 0.25) is 0 Å². The SMILES string of the molecule is ON=C1CCCCC1[NH+]1CCCC1. The van der Waals surface area contributed by atoms with E-state index in [9.17, 15) is 0 Å². The maximum Gasteiger partial charge on any atom is 0.130 e. The lowest BCUT2D eigenvalue weighted by molar-refractivity contribution is -0.903. The Kier molecular flexibility index (Phi) is 2.83. The van der Waals surface area contributed by atoms with Crippen LogP contribution in [-0.4, -0.2) is 30.1 Å². The summed E-state index contributed by atoms with van der Waals surface area (Å²) >= 11 is 0. The van der Waals surface area contributed by atoms with Crippen molar-refractivity contribution in [2.45, 2.75) is 44.6 Å². The van der Waals surface area contributed by atoms with Crippen molar-refractivity contribution >= 4 is 5.71 Å². The van der Waals surface area contributed by atoms with Crippen LogP contribution in [0.3, 0.4) is 0 Å². The van der Waals surface area contributed by atoms with Crippen molar-refractivity contribution in [1.82, 2.24) is 0 Å². The van der Waals surface area contributed by atoms with Crippen molar-refractivity contribution in [2.24, 2.45) is 5.16 Å². The highest BCUT2D eigenvalue weighted by Gasteiger charge is 2.32. The summed E-state index contributed by atoms with van der Waals surface area (Å²) < 4.78 is 0. The Morgan fingerprint density at radius 2 is 1.92 bits per heavy atom. The first-order chi connectivity index (χ1) is 6.42. The molecule has 2 N–H and O–H groups in total. The number of oxime groups is 1. The fraction of sp³-hybridized carbons (Fsp3) is 0.900. The minimum Gasteiger partial charge on any atom is -0.411 e. The van der Waals surface area contributed by atoms with Gasteiger partial charge in [-0.25, -0.2) is 0 Å². The lowest BCUT2D eigenvalue weighted by Gasteiger charge is -2.28. The van der Waals surface area contributed by atoms with E-state index in [1.165, 1.54) is 45.2 Å². The van der Waals surface area contributed by atoms with Gasteiger partial charge in [0.2, 0.25) is 0 Å². The maximum atomic E-state index is 8.90. The second kappa shape index (κ2) is 4.09. The Labute approximate surface area is 79.4 Å². The van der Waals surface area contributed by atoms with Crippen LogP contribution in [0.5, 0.6) is 0 Å². The van der Waals surface area contributed by atoms with Crippen LogP contribution in [0, 0.1) is 0 Å². The average Bonchev–Trinajstić information content (AvgIpc) is 2.70. The lowest BCUT2D eigenvalue weighted by atomic mass is 9.92. The zero-order valence-corrected chi connectivity index (χ0v) is 8.13. The van der Waals surface area contributed by atoms with E-state index < -0.39 is 0 Å². The topological polar surface area (TPSA) is 37.0 Å². The van der Waals surface area contributed by atoms with Gasteiger partial charge in [-0.3, -0.25) is 0 Å². The molecule has 1 saturated heterocycles. The second-order valence-electron chi connectivity index (χ2n) is 4.26. The van der Waals surface area contributed by atoms with E-state index >= 15 is 0 Å². The zero-order valence-electron chi connectivity index (χ0n) is 8.13. The number of hydrogen-bond acceptors (Lipinski definition) is 2. The highest BCUT2D eigenvalue weighted by atomic mass is 16.4. The van der Waals surface area contributed by atoms with Crippen molar-refractivity contribution in [3.05, 3.63) is 0 Å². The van der Waals surface area contributed by atoms with Crippen molar-refractivity contribution in [1.29, 1.82) is 0 Å². The zero-order chi connectivity index (χ0) is 9.10. The summed E-state index contributed by atoms with van der Waals surface area (Å²) in [5.41, 5.74) is 1.06. The quantitative estimate of drug-likeness (QED) is 0.449. The minimum absolute atomic E-state index is 0.543. The molecule has 1 aliphatic heterocycles. The Bertz CT molecular complexity index is 197. The second-order valence-corrected chi connectivity index (χ2v) is 4.26. The highest BCUT2D eigenvalue weighted by Crippen LogP contribution is 2.14. The van der Waals surface area contributed by atoms with E-state index in [1.54, 1.807) is 4.90 Å². The molecule has 2 rings (SSSR count). The summed E-state index contributed by atoms with van der Waals surface area (Å²) in [6.07, 6.45) is 7.48. The molecule has 1 unspecified atom stereocenters. The monoisotopic (exact) mass is 183 g/mol. The average molecular weight is 183 g/mol. The molecule has 0 bridgehead atoms. The van der Waals surface area contributed by atoms with E-state index in [0.29, 0.717) is 6.04 Å². The largest absolute Gasteiger partial charge is 0.411 e. The normalized spacial score (nSPS) is 34.2. The summed E-state index contributed by atoms with van der Waals surface area (Å²) in [4.78, 5) is 1.66. The van der Waals surface area contributed by atoms with Crippen LogP contribution in [0.15, 0.2) is 5.16 Å². The minimum atomic E-state index is 0.543. The van der Waals surface area contributed by atoms with Gasteiger partial charge in [0, 0.05) is 19.3 Å². The number of quaternary nitrogens is 1. The Morgan fingerprint density at radius 3 is 2.62 bits per heavy atom.